The van der Waals surface area contributed by atoms with E-state index in [9.17, 15) is 26.3 Å². The summed E-state index contributed by atoms with van der Waals surface area (Å²) in [6, 6.07) is 4.65. The molecule has 0 heterocycles. The summed E-state index contributed by atoms with van der Waals surface area (Å²) in [6.45, 7) is -0.360. The van der Waals surface area contributed by atoms with Crippen LogP contribution in [0.15, 0.2) is 29.3 Å². The number of guanidine groups is 1. The molecular weight excluding hydrogens is 312 g/mol. The topological polar surface area (TPSA) is 36.4 Å². The van der Waals surface area contributed by atoms with Gasteiger partial charge < -0.3 is 10.6 Å². The molecule has 2 N–H and O–H groups in total. The van der Waals surface area contributed by atoms with E-state index in [2.05, 4.69) is 15.6 Å². The quantitative estimate of drug-likeness (QED) is 0.506. The number of hydrogen-bond donors (Lipinski definition) is 2. The Bertz CT molecular complexity index is 507. The summed E-state index contributed by atoms with van der Waals surface area (Å²) in [6.07, 6.45) is -9.76. The van der Waals surface area contributed by atoms with Crippen LogP contribution in [0.5, 0.6) is 0 Å². The first kappa shape index (κ1) is 18.1. The van der Waals surface area contributed by atoms with Gasteiger partial charge in [-0.05, 0) is 17.7 Å². The van der Waals surface area contributed by atoms with E-state index < -0.39 is 24.3 Å². The van der Waals surface area contributed by atoms with Gasteiger partial charge in [0.2, 0.25) is 0 Å². The van der Waals surface area contributed by atoms with Crippen molar-refractivity contribution in [3.8, 4) is 0 Å². The smallest absolute Gasteiger partial charge is 0.356 e. The molecule has 0 radical (unpaired) electrons. The molecule has 1 aromatic rings. The fraction of sp³-hybridized carbons (Fsp3) is 0.462. The van der Waals surface area contributed by atoms with Crippen LogP contribution in [0.3, 0.4) is 0 Å². The fourth-order valence-corrected chi connectivity index (χ4v) is 1.59. The zero-order valence-electron chi connectivity index (χ0n) is 11.6. The molecule has 0 spiro atoms. The lowest BCUT2D eigenvalue weighted by Crippen LogP contribution is -2.38. The van der Waals surface area contributed by atoms with Gasteiger partial charge in [0.15, 0.2) is 5.96 Å². The number of nitrogens with one attached hydrogen (secondary N) is 2. The highest BCUT2D eigenvalue weighted by Gasteiger charge is 2.30. The standard InChI is InChI=1S/C13H15F6N3/c1-20-11(21-6-5-12(14,15)16)22-8-9-3-2-4-10(7-9)13(17,18)19/h2-4,7H,5-6,8H2,1H3,(H2,20,21,22). The van der Waals surface area contributed by atoms with Crippen molar-refractivity contribution in [2.75, 3.05) is 13.6 Å². The minimum absolute atomic E-state index is 0.00953. The van der Waals surface area contributed by atoms with E-state index in [4.69, 9.17) is 0 Å². The Hall–Kier alpha value is -1.93. The normalized spacial score (nSPS) is 13.1. The molecule has 0 aromatic heterocycles. The molecule has 0 aliphatic carbocycles. The van der Waals surface area contributed by atoms with E-state index >= 15 is 0 Å². The average molecular weight is 327 g/mol. The first-order valence-corrected chi connectivity index (χ1v) is 6.29. The first-order chi connectivity index (χ1) is 10.1. The highest BCUT2D eigenvalue weighted by molar-refractivity contribution is 5.79. The second kappa shape index (κ2) is 7.37. The summed E-state index contributed by atoms with van der Waals surface area (Å²) < 4.78 is 73.7. The molecule has 0 amide bonds. The number of nitrogens with zero attached hydrogens (tertiary/aromatic N) is 1. The molecule has 22 heavy (non-hydrogen) atoms. The predicted molar refractivity (Wildman–Crippen MR) is 70.3 cm³/mol. The minimum atomic E-state index is -4.44. The van der Waals surface area contributed by atoms with Crippen LogP contribution < -0.4 is 10.6 Å². The molecule has 0 fully saturated rings. The van der Waals surface area contributed by atoms with Crippen LogP contribution in [-0.2, 0) is 12.7 Å². The molecule has 9 heteroatoms. The second-order valence-corrected chi connectivity index (χ2v) is 4.42. The van der Waals surface area contributed by atoms with Crippen molar-refractivity contribution in [1.82, 2.24) is 10.6 Å². The monoisotopic (exact) mass is 327 g/mol. The highest BCUT2D eigenvalue weighted by Crippen LogP contribution is 2.29. The molecule has 0 unspecified atom stereocenters. The number of alkyl halides is 6. The van der Waals surface area contributed by atoms with Crippen molar-refractivity contribution >= 4 is 5.96 Å². The van der Waals surface area contributed by atoms with Crippen LogP contribution in [0, 0.1) is 0 Å². The molecule has 0 atom stereocenters. The molecule has 0 saturated heterocycles. The van der Waals surface area contributed by atoms with Crippen molar-refractivity contribution < 1.29 is 26.3 Å². The molecule has 0 saturated carbocycles. The van der Waals surface area contributed by atoms with E-state index in [0.29, 0.717) is 5.56 Å². The molecule has 1 aromatic carbocycles. The van der Waals surface area contributed by atoms with Gasteiger partial charge >= 0.3 is 12.4 Å². The molecule has 0 bridgehead atoms. The van der Waals surface area contributed by atoms with Gasteiger partial charge in [-0.15, -0.1) is 0 Å². The number of rotatable bonds is 4. The van der Waals surface area contributed by atoms with E-state index in [1.54, 1.807) is 0 Å². The lowest BCUT2D eigenvalue weighted by molar-refractivity contribution is -0.137. The van der Waals surface area contributed by atoms with Gasteiger partial charge in [0.1, 0.15) is 0 Å². The number of halogens is 6. The minimum Gasteiger partial charge on any atom is -0.356 e. The Morgan fingerprint density at radius 3 is 2.32 bits per heavy atom. The third-order valence-corrected chi connectivity index (χ3v) is 2.64. The van der Waals surface area contributed by atoms with Gasteiger partial charge in [-0.3, -0.25) is 4.99 Å². The van der Waals surface area contributed by atoms with Crippen LogP contribution in [0.1, 0.15) is 17.5 Å². The van der Waals surface area contributed by atoms with Crippen molar-refractivity contribution in [2.24, 2.45) is 4.99 Å². The maximum absolute atomic E-state index is 12.5. The summed E-state index contributed by atoms with van der Waals surface area (Å²) >= 11 is 0. The Morgan fingerprint density at radius 1 is 1.09 bits per heavy atom. The van der Waals surface area contributed by atoms with Gasteiger partial charge in [-0.25, -0.2) is 0 Å². The Balaban J connectivity index is 2.54. The zero-order valence-corrected chi connectivity index (χ0v) is 11.6. The van der Waals surface area contributed by atoms with Crippen molar-refractivity contribution in [3.05, 3.63) is 35.4 Å². The van der Waals surface area contributed by atoms with E-state index in [1.807, 2.05) is 0 Å². The molecule has 0 aliphatic rings. The summed E-state index contributed by atoms with van der Waals surface area (Å²) in [4.78, 5) is 3.70. The van der Waals surface area contributed by atoms with Gasteiger partial charge in [0, 0.05) is 20.1 Å². The van der Waals surface area contributed by atoms with E-state index in [-0.39, 0.29) is 19.0 Å². The second-order valence-electron chi connectivity index (χ2n) is 4.42. The van der Waals surface area contributed by atoms with Gasteiger partial charge in [0.25, 0.3) is 0 Å². The van der Waals surface area contributed by atoms with E-state index in [0.717, 1.165) is 12.1 Å². The summed E-state index contributed by atoms with van der Waals surface area (Å²) in [7, 11) is 1.36. The third kappa shape index (κ3) is 6.68. The maximum atomic E-state index is 12.5. The van der Waals surface area contributed by atoms with Crippen LogP contribution in [0.25, 0.3) is 0 Å². The maximum Gasteiger partial charge on any atom is 0.416 e. The third-order valence-electron chi connectivity index (χ3n) is 2.64. The van der Waals surface area contributed by atoms with Gasteiger partial charge in [0.05, 0.1) is 12.0 Å². The Morgan fingerprint density at radius 2 is 1.77 bits per heavy atom. The summed E-state index contributed by atoms with van der Waals surface area (Å²) in [5.41, 5.74) is -0.444. The average Bonchev–Trinajstić information content (AvgIpc) is 2.40. The lowest BCUT2D eigenvalue weighted by atomic mass is 10.1. The van der Waals surface area contributed by atoms with Crippen LogP contribution >= 0.6 is 0 Å². The zero-order chi connectivity index (χ0) is 16.8. The van der Waals surface area contributed by atoms with E-state index in [1.165, 1.54) is 19.2 Å². The number of aliphatic imine (C=N–C) groups is 1. The summed E-state index contributed by atoms with van der Waals surface area (Å²) in [5.74, 6) is 0.0849. The molecule has 1 rings (SSSR count). The number of hydrogen-bond acceptors (Lipinski definition) is 1. The molecular formula is C13H15F6N3. The van der Waals surface area contributed by atoms with Gasteiger partial charge in [-0.1, -0.05) is 12.1 Å². The molecule has 124 valence electrons. The van der Waals surface area contributed by atoms with Crippen molar-refractivity contribution in [3.63, 3.8) is 0 Å². The lowest BCUT2D eigenvalue weighted by Gasteiger charge is -2.14. The predicted octanol–water partition coefficient (Wildman–Crippen LogP) is 3.32. The van der Waals surface area contributed by atoms with Crippen molar-refractivity contribution in [1.29, 1.82) is 0 Å². The number of benzene rings is 1. The van der Waals surface area contributed by atoms with Crippen LogP contribution in [-0.4, -0.2) is 25.7 Å². The molecule has 3 nitrogen and oxygen atoms in total. The SMILES string of the molecule is CN=C(NCCC(F)(F)F)NCc1cccc(C(F)(F)F)c1. The highest BCUT2D eigenvalue weighted by atomic mass is 19.4. The largest absolute Gasteiger partial charge is 0.416 e. The van der Waals surface area contributed by atoms with Crippen molar-refractivity contribution in [2.45, 2.75) is 25.3 Å². The first-order valence-electron chi connectivity index (χ1n) is 6.29. The summed E-state index contributed by atoms with van der Waals surface area (Å²) in [5, 5.41) is 5.09. The molecule has 0 aliphatic heterocycles. The van der Waals surface area contributed by atoms with Crippen LogP contribution in [0.4, 0.5) is 26.3 Å². The Labute approximate surface area is 123 Å². The van der Waals surface area contributed by atoms with Gasteiger partial charge in [-0.2, -0.15) is 26.3 Å². The fourth-order valence-electron chi connectivity index (χ4n) is 1.59. The van der Waals surface area contributed by atoms with Crippen LogP contribution in [0.2, 0.25) is 0 Å². The Kier molecular flexibility index (Phi) is 6.07.